The van der Waals surface area contributed by atoms with Crippen molar-refractivity contribution in [3.05, 3.63) is 114 Å². The highest BCUT2D eigenvalue weighted by Crippen LogP contribution is 2.50. The highest BCUT2D eigenvalue weighted by Gasteiger charge is 2.35. The van der Waals surface area contributed by atoms with Gasteiger partial charge in [-0.1, -0.05) is 84.5 Å². The number of ether oxygens (including phenoxy) is 1. The Kier molecular flexibility index (Phi) is 7.46. The molecule has 0 radical (unpaired) electrons. The van der Waals surface area contributed by atoms with Gasteiger partial charge in [0, 0.05) is 41.8 Å². The Morgan fingerprint density at radius 2 is 1.74 bits per heavy atom. The van der Waals surface area contributed by atoms with E-state index >= 15 is 0 Å². The molecule has 1 saturated heterocycles. The molecule has 3 aromatic rings. The van der Waals surface area contributed by atoms with Crippen LogP contribution in [0.15, 0.2) is 103 Å². The minimum Gasteiger partial charge on any atom is -0.457 e. The van der Waals surface area contributed by atoms with Gasteiger partial charge in [0.05, 0.1) is 0 Å². The highest BCUT2D eigenvalue weighted by molar-refractivity contribution is 5.94. The van der Waals surface area contributed by atoms with Crippen molar-refractivity contribution in [2.24, 2.45) is 5.92 Å². The molecule has 1 N–H and O–H groups in total. The third-order valence-electron chi connectivity index (χ3n) is 8.27. The summed E-state index contributed by atoms with van der Waals surface area (Å²) in [5.41, 5.74) is 6.88. The summed E-state index contributed by atoms with van der Waals surface area (Å²) in [6.45, 7) is 4.94. The molecule has 39 heavy (non-hydrogen) atoms. The van der Waals surface area contributed by atoms with Crippen LogP contribution in [0.2, 0.25) is 0 Å². The smallest absolute Gasteiger partial charge is 0.221 e. The Hall–Kier alpha value is -3.89. The number of rotatable bonds is 6. The summed E-state index contributed by atoms with van der Waals surface area (Å²) in [5, 5.41) is 2.97. The van der Waals surface area contributed by atoms with Crippen LogP contribution in [0.4, 0.5) is 5.69 Å². The quantitative estimate of drug-likeness (QED) is 0.360. The van der Waals surface area contributed by atoms with Crippen LogP contribution in [0, 0.1) is 5.92 Å². The van der Waals surface area contributed by atoms with Crippen molar-refractivity contribution in [1.29, 1.82) is 0 Å². The summed E-state index contributed by atoms with van der Waals surface area (Å²) in [6.07, 6.45) is 15.6. The van der Waals surface area contributed by atoms with Gasteiger partial charge in [-0.2, -0.15) is 0 Å². The molecular formula is C35H36N2O2. The molecule has 1 atom stereocenters. The maximum atomic E-state index is 11.8. The van der Waals surface area contributed by atoms with Crippen LogP contribution in [0.3, 0.4) is 0 Å². The lowest BCUT2D eigenvalue weighted by Gasteiger charge is -2.39. The lowest BCUT2D eigenvalue weighted by molar-refractivity contribution is -0.114. The van der Waals surface area contributed by atoms with Gasteiger partial charge in [-0.15, -0.1) is 0 Å². The lowest BCUT2D eigenvalue weighted by atomic mass is 9.74. The number of amides is 1. The number of allylic oxidation sites excluding steroid dienone is 5. The first-order valence-corrected chi connectivity index (χ1v) is 14.2. The lowest BCUT2D eigenvalue weighted by Crippen LogP contribution is -2.37. The minimum absolute atomic E-state index is 0.0727. The van der Waals surface area contributed by atoms with Crippen LogP contribution in [-0.2, 0) is 4.79 Å². The molecule has 1 aliphatic carbocycles. The van der Waals surface area contributed by atoms with Crippen LogP contribution >= 0.6 is 0 Å². The number of nitrogens with one attached hydrogen (secondary N) is 1. The van der Waals surface area contributed by atoms with Crippen molar-refractivity contribution in [1.82, 2.24) is 4.90 Å². The second-order valence-corrected chi connectivity index (χ2v) is 10.8. The summed E-state index contributed by atoms with van der Waals surface area (Å²) < 4.78 is 6.50. The highest BCUT2D eigenvalue weighted by atomic mass is 16.5. The van der Waals surface area contributed by atoms with Gasteiger partial charge in [-0.25, -0.2) is 0 Å². The molecule has 4 nitrogen and oxygen atoms in total. The van der Waals surface area contributed by atoms with Gasteiger partial charge in [0.15, 0.2) is 0 Å². The molecule has 0 saturated carbocycles. The molecule has 3 aliphatic rings. The SMILES string of the molecule is CC(=O)Nc1ccccc1-c1ccc2c(c1)Oc1ccccc1C2C1CCN(CCC2=CCC=CC=C2)CC1. The van der Waals surface area contributed by atoms with Gasteiger partial charge in [-0.05, 0) is 68.5 Å². The van der Waals surface area contributed by atoms with E-state index in [0.29, 0.717) is 11.8 Å². The van der Waals surface area contributed by atoms with Crippen molar-refractivity contribution in [3.63, 3.8) is 0 Å². The summed E-state index contributed by atoms with van der Waals surface area (Å²) in [4.78, 5) is 14.4. The van der Waals surface area contributed by atoms with Crippen molar-refractivity contribution in [2.45, 2.75) is 38.5 Å². The molecule has 3 aromatic carbocycles. The molecule has 1 amide bonds. The number of para-hydroxylation sites is 2. The van der Waals surface area contributed by atoms with Crippen LogP contribution < -0.4 is 10.1 Å². The molecule has 0 aromatic heterocycles. The second-order valence-electron chi connectivity index (χ2n) is 10.8. The van der Waals surface area contributed by atoms with E-state index in [2.05, 4.69) is 83.1 Å². The molecule has 0 bridgehead atoms. The number of nitrogens with zero attached hydrogens (tertiary/aromatic N) is 1. The predicted octanol–water partition coefficient (Wildman–Crippen LogP) is 8.09. The normalized spacial score (nSPS) is 18.9. The second kappa shape index (κ2) is 11.5. The molecule has 6 rings (SSSR count). The molecule has 1 fully saturated rings. The van der Waals surface area contributed by atoms with E-state index in [4.69, 9.17) is 4.74 Å². The van der Waals surface area contributed by atoms with E-state index < -0.39 is 0 Å². The zero-order chi connectivity index (χ0) is 26.6. The molecule has 2 heterocycles. The van der Waals surface area contributed by atoms with Crippen LogP contribution in [-0.4, -0.2) is 30.4 Å². The Morgan fingerprint density at radius 1 is 0.949 bits per heavy atom. The van der Waals surface area contributed by atoms with Crippen LogP contribution in [0.5, 0.6) is 11.5 Å². The van der Waals surface area contributed by atoms with Crippen molar-refractivity contribution < 1.29 is 9.53 Å². The van der Waals surface area contributed by atoms with Gasteiger partial charge in [0.2, 0.25) is 5.91 Å². The van der Waals surface area contributed by atoms with Crippen LogP contribution in [0.25, 0.3) is 11.1 Å². The summed E-state index contributed by atoms with van der Waals surface area (Å²) >= 11 is 0. The fourth-order valence-corrected chi connectivity index (χ4v) is 6.31. The predicted molar refractivity (Wildman–Crippen MR) is 159 cm³/mol. The first kappa shape index (κ1) is 25.4. The third kappa shape index (κ3) is 5.62. The van der Waals surface area contributed by atoms with Crippen molar-refractivity contribution in [2.75, 3.05) is 25.0 Å². The number of fused-ring (bicyclic) bond motifs is 2. The van der Waals surface area contributed by atoms with E-state index in [-0.39, 0.29) is 5.91 Å². The number of hydrogen-bond acceptors (Lipinski definition) is 3. The molecule has 4 heteroatoms. The minimum atomic E-state index is -0.0727. The fourth-order valence-electron chi connectivity index (χ4n) is 6.31. The Balaban J connectivity index is 1.23. The molecule has 1 unspecified atom stereocenters. The maximum absolute atomic E-state index is 11.8. The number of likely N-dealkylation sites (tertiary alicyclic amines) is 1. The largest absolute Gasteiger partial charge is 0.457 e. The number of carbonyl (C=O) groups is 1. The molecule has 198 valence electrons. The van der Waals surface area contributed by atoms with E-state index in [1.807, 2.05) is 24.3 Å². The van der Waals surface area contributed by atoms with E-state index in [9.17, 15) is 4.79 Å². The molecule has 0 spiro atoms. The number of piperidine rings is 1. The molecule has 2 aliphatic heterocycles. The summed E-state index contributed by atoms with van der Waals surface area (Å²) in [7, 11) is 0. The first-order valence-electron chi connectivity index (χ1n) is 14.2. The monoisotopic (exact) mass is 516 g/mol. The topological polar surface area (TPSA) is 41.6 Å². The van der Waals surface area contributed by atoms with E-state index in [0.717, 1.165) is 60.8 Å². The third-order valence-corrected chi connectivity index (χ3v) is 8.27. The number of anilines is 1. The average Bonchev–Trinajstić information content (AvgIpc) is 3.24. The Bertz CT molecular complexity index is 1440. The average molecular weight is 517 g/mol. The van der Waals surface area contributed by atoms with Crippen molar-refractivity contribution >= 4 is 11.6 Å². The Morgan fingerprint density at radius 3 is 2.62 bits per heavy atom. The van der Waals surface area contributed by atoms with Gasteiger partial charge in [0.1, 0.15) is 11.5 Å². The van der Waals surface area contributed by atoms with Gasteiger partial charge in [0.25, 0.3) is 0 Å². The van der Waals surface area contributed by atoms with Crippen LogP contribution in [0.1, 0.15) is 49.7 Å². The Labute approximate surface area is 231 Å². The van der Waals surface area contributed by atoms with Crippen molar-refractivity contribution in [3.8, 4) is 22.6 Å². The fraction of sp³-hybridized carbons (Fsp3) is 0.286. The maximum Gasteiger partial charge on any atom is 0.221 e. The summed E-state index contributed by atoms with van der Waals surface area (Å²) in [5.74, 6) is 2.72. The number of carbonyl (C=O) groups excluding carboxylic acids is 1. The molecular weight excluding hydrogens is 480 g/mol. The zero-order valence-electron chi connectivity index (χ0n) is 22.6. The summed E-state index contributed by atoms with van der Waals surface area (Å²) in [6, 6.07) is 23.1. The zero-order valence-corrected chi connectivity index (χ0v) is 22.6. The standard InChI is InChI=1S/C35H36N2O2/c1-25(38)36-32-14-8-6-12-29(32)28-16-17-31-34(24-28)39-33-15-9-7-13-30(33)35(31)27-19-22-37(23-20-27)21-18-26-10-4-2-3-5-11-26/h2-4,6-17,24,27,35H,5,18-23H2,1H3,(H,36,38). The van der Waals surface area contributed by atoms with Gasteiger partial charge in [-0.3, -0.25) is 4.79 Å². The number of benzene rings is 3. The number of hydrogen-bond donors (Lipinski definition) is 1. The first-order chi connectivity index (χ1) is 19.2. The van der Waals surface area contributed by atoms with E-state index in [1.165, 1.54) is 29.5 Å². The van der Waals surface area contributed by atoms with E-state index in [1.54, 1.807) is 6.92 Å². The van der Waals surface area contributed by atoms with Gasteiger partial charge < -0.3 is 15.0 Å². The van der Waals surface area contributed by atoms with Gasteiger partial charge >= 0.3 is 0 Å².